The molecule has 11 nitrogen and oxygen atoms in total. The standard InChI is InChI=1S/C31H45NO10S/c1-31(2,3)42-30(33)25-32-28-11-7-26(8-12-28)5-6-27-9-13-29(14-10-27)40-23-21-38-19-17-36-15-16-37-18-20-39-22-24-41-43(4,34)35/h5-14,32H,15-25H2,1-4H3/b6-5+. The van der Waals surface area contributed by atoms with Crippen molar-refractivity contribution < 1.29 is 45.8 Å². The van der Waals surface area contributed by atoms with Crippen LogP contribution in [-0.2, 0) is 42.8 Å². The summed E-state index contributed by atoms with van der Waals surface area (Å²) in [6.07, 6.45) is 5.04. The number of anilines is 1. The molecule has 12 heteroatoms. The van der Waals surface area contributed by atoms with Gasteiger partial charge in [0.25, 0.3) is 10.1 Å². The molecule has 2 aromatic rings. The van der Waals surface area contributed by atoms with Crippen LogP contribution in [0.4, 0.5) is 5.69 Å². The van der Waals surface area contributed by atoms with Crippen LogP contribution in [0, 0.1) is 0 Å². The van der Waals surface area contributed by atoms with Gasteiger partial charge in [-0.3, -0.25) is 8.98 Å². The highest BCUT2D eigenvalue weighted by Crippen LogP contribution is 2.16. The largest absolute Gasteiger partial charge is 0.491 e. The number of carbonyl (C=O) groups excluding carboxylic acids is 1. The van der Waals surface area contributed by atoms with E-state index in [1.165, 1.54) is 0 Å². The Bertz CT molecular complexity index is 1180. The number of rotatable bonds is 22. The smallest absolute Gasteiger partial charge is 0.325 e. The molecule has 0 saturated heterocycles. The van der Waals surface area contributed by atoms with Gasteiger partial charge in [-0.1, -0.05) is 36.4 Å². The number of hydrogen-bond acceptors (Lipinski definition) is 11. The lowest BCUT2D eigenvalue weighted by molar-refractivity contribution is -0.152. The average molecular weight is 624 g/mol. The van der Waals surface area contributed by atoms with Crippen molar-refractivity contribution in [3.8, 4) is 5.75 Å². The summed E-state index contributed by atoms with van der Waals surface area (Å²) in [6.45, 7) is 9.24. The fourth-order valence-corrected chi connectivity index (χ4v) is 3.73. The molecule has 0 bridgehead atoms. The van der Waals surface area contributed by atoms with Gasteiger partial charge >= 0.3 is 5.97 Å². The lowest BCUT2D eigenvalue weighted by atomic mass is 10.1. The molecular weight excluding hydrogens is 578 g/mol. The monoisotopic (exact) mass is 623 g/mol. The van der Waals surface area contributed by atoms with E-state index in [2.05, 4.69) is 9.50 Å². The van der Waals surface area contributed by atoms with Crippen molar-refractivity contribution in [3.63, 3.8) is 0 Å². The molecule has 0 spiro atoms. The predicted molar refractivity (Wildman–Crippen MR) is 166 cm³/mol. The number of ether oxygens (including phenoxy) is 6. The summed E-state index contributed by atoms with van der Waals surface area (Å²) in [4.78, 5) is 11.8. The Kier molecular flexibility index (Phi) is 16.9. The molecule has 0 radical (unpaired) electrons. The highest BCUT2D eigenvalue weighted by molar-refractivity contribution is 7.85. The summed E-state index contributed by atoms with van der Waals surface area (Å²) in [5.41, 5.74) is 2.44. The molecule has 0 unspecified atom stereocenters. The molecule has 43 heavy (non-hydrogen) atoms. The summed E-state index contributed by atoms with van der Waals surface area (Å²) in [5.74, 6) is 0.473. The molecule has 0 amide bonds. The van der Waals surface area contributed by atoms with E-state index in [0.29, 0.717) is 52.9 Å². The Morgan fingerprint density at radius 3 is 1.60 bits per heavy atom. The number of hydrogen-bond donors (Lipinski definition) is 1. The van der Waals surface area contributed by atoms with Gasteiger partial charge in [-0.25, -0.2) is 0 Å². The van der Waals surface area contributed by atoms with E-state index >= 15 is 0 Å². The van der Waals surface area contributed by atoms with Crippen LogP contribution in [-0.4, -0.2) is 98.9 Å². The van der Waals surface area contributed by atoms with Crippen LogP contribution in [0.1, 0.15) is 31.9 Å². The lowest BCUT2D eigenvalue weighted by Gasteiger charge is -2.19. The van der Waals surface area contributed by atoms with E-state index in [1.54, 1.807) is 0 Å². The Morgan fingerprint density at radius 2 is 1.14 bits per heavy atom. The van der Waals surface area contributed by atoms with Crippen LogP contribution in [0.3, 0.4) is 0 Å². The van der Waals surface area contributed by atoms with Crippen LogP contribution in [0.25, 0.3) is 12.2 Å². The first-order valence-corrected chi connectivity index (χ1v) is 15.9. The molecule has 0 heterocycles. The van der Waals surface area contributed by atoms with E-state index in [0.717, 1.165) is 28.8 Å². The van der Waals surface area contributed by atoms with Crippen molar-refractivity contribution in [1.82, 2.24) is 0 Å². The van der Waals surface area contributed by atoms with Gasteiger partial charge in [0.05, 0.1) is 65.7 Å². The van der Waals surface area contributed by atoms with Gasteiger partial charge in [0.15, 0.2) is 0 Å². The Morgan fingerprint density at radius 1 is 0.698 bits per heavy atom. The SMILES string of the molecule is CC(C)(C)OC(=O)CNc1ccc(/C=C/c2ccc(OCCOCCOCCOCCOCCOS(C)(=O)=O)cc2)cc1. The zero-order valence-corrected chi connectivity index (χ0v) is 26.4. The maximum Gasteiger partial charge on any atom is 0.325 e. The van der Waals surface area contributed by atoms with Crippen LogP contribution in [0.15, 0.2) is 48.5 Å². The Balaban J connectivity index is 1.48. The van der Waals surface area contributed by atoms with Gasteiger partial charge in [0.1, 0.15) is 24.5 Å². The quantitative estimate of drug-likeness (QED) is 0.0884. The summed E-state index contributed by atoms with van der Waals surface area (Å²) in [5, 5.41) is 3.07. The molecule has 0 saturated carbocycles. The van der Waals surface area contributed by atoms with Crippen molar-refractivity contribution in [3.05, 3.63) is 59.7 Å². The van der Waals surface area contributed by atoms with Gasteiger partial charge in [-0.15, -0.1) is 0 Å². The zero-order valence-electron chi connectivity index (χ0n) is 25.5. The second-order valence-corrected chi connectivity index (χ2v) is 11.9. The maximum absolute atomic E-state index is 11.8. The molecule has 0 aromatic heterocycles. The molecule has 0 aliphatic heterocycles. The lowest BCUT2D eigenvalue weighted by Crippen LogP contribution is -2.28. The van der Waals surface area contributed by atoms with Gasteiger partial charge in [-0.2, -0.15) is 8.42 Å². The van der Waals surface area contributed by atoms with Crippen molar-refractivity contribution >= 4 is 33.9 Å². The van der Waals surface area contributed by atoms with Crippen molar-refractivity contribution in [1.29, 1.82) is 0 Å². The Hall–Kier alpha value is -3.00. The first-order valence-electron chi connectivity index (χ1n) is 14.1. The molecule has 0 aliphatic carbocycles. The first kappa shape index (κ1) is 36.2. The topological polar surface area (TPSA) is 128 Å². The fourth-order valence-electron chi connectivity index (χ4n) is 3.36. The minimum Gasteiger partial charge on any atom is -0.491 e. The molecular formula is C31H45NO10S. The second kappa shape index (κ2) is 20.0. The second-order valence-electron chi connectivity index (χ2n) is 10.3. The maximum atomic E-state index is 11.8. The first-order chi connectivity index (χ1) is 20.5. The summed E-state index contributed by atoms with van der Waals surface area (Å²) < 4.78 is 58.7. The van der Waals surface area contributed by atoms with Crippen LogP contribution in [0.5, 0.6) is 5.75 Å². The van der Waals surface area contributed by atoms with Crippen molar-refractivity contribution in [2.45, 2.75) is 26.4 Å². The summed E-state index contributed by atoms with van der Waals surface area (Å²) in [7, 11) is -3.43. The van der Waals surface area contributed by atoms with Crippen LogP contribution in [0.2, 0.25) is 0 Å². The normalized spacial score (nSPS) is 12.0. The van der Waals surface area contributed by atoms with E-state index in [9.17, 15) is 13.2 Å². The Labute approximate surface area is 255 Å². The number of carbonyl (C=O) groups is 1. The van der Waals surface area contributed by atoms with Gasteiger partial charge in [0, 0.05) is 5.69 Å². The third-order valence-electron chi connectivity index (χ3n) is 5.25. The number of benzene rings is 2. The number of nitrogens with one attached hydrogen (secondary N) is 1. The molecule has 240 valence electrons. The fraction of sp³-hybridized carbons (Fsp3) is 0.516. The minimum atomic E-state index is -3.43. The number of esters is 1. The minimum absolute atomic E-state index is 0.00536. The molecule has 2 aromatic carbocycles. The third-order valence-corrected chi connectivity index (χ3v) is 5.85. The molecule has 1 N–H and O–H groups in total. The predicted octanol–water partition coefficient (Wildman–Crippen LogP) is 4.03. The molecule has 2 rings (SSSR count). The van der Waals surface area contributed by atoms with E-state index < -0.39 is 15.7 Å². The molecule has 0 aliphatic rings. The average Bonchev–Trinajstić information content (AvgIpc) is 2.94. The zero-order chi connectivity index (χ0) is 31.4. The van der Waals surface area contributed by atoms with Crippen LogP contribution < -0.4 is 10.1 Å². The van der Waals surface area contributed by atoms with E-state index in [4.69, 9.17) is 28.4 Å². The van der Waals surface area contributed by atoms with Gasteiger partial charge < -0.3 is 33.7 Å². The highest BCUT2D eigenvalue weighted by Gasteiger charge is 2.15. The van der Waals surface area contributed by atoms with Gasteiger partial charge in [-0.05, 0) is 56.2 Å². The van der Waals surface area contributed by atoms with Crippen molar-refractivity contribution in [2.75, 3.05) is 84.2 Å². The summed E-state index contributed by atoms with van der Waals surface area (Å²) in [6, 6.07) is 15.6. The van der Waals surface area contributed by atoms with Gasteiger partial charge in [0.2, 0.25) is 0 Å². The highest BCUT2D eigenvalue weighted by atomic mass is 32.2. The molecule has 0 fully saturated rings. The summed E-state index contributed by atoms with van der Waals surface area (Å²) >= 11 is 0. The van der Waals surface area contributed by atoms with E-state index in [1.807, 2.05) is 81.5 Å². The van der Waals surface area contributed by atoms with Crippen molar-refractivity contribution in [2.24, 2.45) is 0 Å². The van der Waals surface area contributed by atoms with E-state index in [-0.39, 0.29) is 25.7 Å². The molecule has 0 atom stereocenters. The third kappa shape index (κ3) is 19.7. The van der Waals surface area contributed by atoms with Crippen LogP contribution >= 0.6 is 0 Å².